The quantitative estimate of drug-likeness (QED) is 0.481. The minimum Gasteiger partial charge on any atom is -0.477 e. The third-order valence-electron chi connectivity index (χ3n) is 2.16. The Morgan fingerprint density at radius 3 is 1.89 bits per heavy atom. The highest BCUT2D eigenvalue weighted by atomic mass is 79.9. The summed E-state index contributed by atoms with van der Waals surface area (Å²) >= 11 is 6.06. The molecular weight excluding hydrogens is 388 g/mol. The van der Waals surface area contributed by atoms with Crippen molar-refractivity contribution in [3.63, 3.8) is 0 Å². The van der Waals surface area contributed by atoms with Gasteiger partial charge in [0.1, 0.15) is 5.56 Å². The highest BCUT2D eigenvalue weighted by molar-refractivity contribution is 9.12. The van der Waals surface area contributed by atoms with E-state index < -0.39 is 45.2 Å². The molecule has 0 bridgehead atoms. The molecule has 0 saturated carbocycles. The van der Waals surface area contributed by atoms with Gasteiger partial charge in [0.05, 0.1) is 0 Å². The first-order valence-corrected chi connectivity index (χ1v) is 6.63. The second-order valence-corrected chi connectivity index (χ2v) is 5.31. The average Bonchev–Trinajstić information content (AvgIpc) is 2.31. The second-order valence-electron chi connectivity index (χ2n) is 3.37. The molecule has 1 aromatic rings. The fourth-order valence-electron chi connectivity index (χ4n) is 1.32. The van der Waals surface area contributed by atoms with E-state index in [0.717, 1.165) is 0 Å². The zero-order chi connectivity index (χ0) is 14.0. The number of halogens is 6. The van der Waals surface area contributed by atoms with Gasteiger partial charge >= 0.3 is 5.97 Å². The van der Waals surface area contributed by atoms with E-state index in [-0.39, 0.29) is 6.42 Å². The van der Waals surface area contributed by atoms with E-state index in [1.54, 1.807) is 0 Å². The molecule has 0 fully saturated rings. The number of rotatable bonds is 4. The van der Waals surface area contributed by atoms with Gasteiger partial charge in [0.15, 0.2) is 23.3 Å². The Kier molecular flexibility index (Phi) is 5.15. The Balaban J connectivity index is 3.43. The molecule has 1 atom stereocenters. The maximum atomic E-state index is 13.5. The van der Waals surface area contributed by atoms with Gasteiger partial charge in [-0.25, -0.2) is 22.4 Å². The van der Waals surface area contributed by atoms with Gasteiger partial charge in [0.2, 0.25) is 0 Å². The van der Waals surface area contributed by atoms with Crippen LogP contribution in [0.5, 0.6) is 0 Å². The SMILES string of the molecule is O=C(O)c1c(F)c(F)c(C[C@@H](Br)CBr)c(F)c1F. The van der Waals surface area contributed by atoms with Crippen LogP contribution in [-0.2, 0) is 6.42 Å². The van der Waals surface area contributed by atoms with Crippen LogP contribution in [0.2, 0.25) is 0 Å². The van der Waals surface area contributed by atoms with Crippen molar-refractivity contribution in [2.24, 2.45) is 0 Å². The number of benzene rings is 1. The molecule has 2 nitrogen and oxygen atoms in total. The molecule has 18 heavy (non-hydrogen) atoms. The Hall–Kier alpha value is -0.630. The molecule has 8 heteroatoms. The van der Waals surface area contributed by atoms with E-state index in [9.17, 15) is 22.4 Å². The molecule has 100 valence electrons. The third kappa shape index (κ3) is 2.85. The lowest BCUT2D eigenvalue weighted by molar-refractivity contribution is 0.0683. The van der Waals surface area contributed by atoms with Crippen molar-refractivity contribution in [3.8, 4) is 0 Å². The van der Waals surface area contributed by atoms with Crippen molar-refractivity contribution in [1.82, 2.24) is 0 Å². The molecule has 0 radical (unpaired) electrons. The van der Waals surface area contributed by atoms with Crippen LogP contribution in [-0.4, -0.2) is 21.2 Å². The minimum absolute atomic E-state index is 0.301. The molecule has 0 spiro atoms. The average molecular weight is 394 g/mol. The van der Waals surface area contributed by atoms with Crippen LogP contribution in [0.1, 0.15) is 15.9 Å². The first kappa shape index (κ1) is 15.4. The Bertz CT molecular complexity index is 464. The van der Waals surface area contributed by atoms with Gasteiger partial charge in [-0.15, -0.1) is 0 Å². The molecule has 0 aromatic heterocycles. The number of carboxylic acids is 1. The first-order valence-electron chi connectivity index (χ1n) is 4.59. The zero-order valence-corrected chi connectivity index (χ0v) is 11.8. The summed E-state index contributed by atoms with van der Waals surface area (Å²) in [4.78, 5) is 10.1. The van der Waals surface area contributed by atoms with Crippen molar-refractivity contribution in [2.75, 3.05) is 5.33 Å². The molecule has 0 unspecified atom stereocenters. The minimum atomic E-state index is -2.06. The molecule has 1 rings (SSSR count). The highest BCUT2D eigenvalue weighted by Crippen LogP contribution is 2.26. The number of carbonyl (C=O) groups is 1. The van der Waals surface area contributed by atoms with Crippen LogP contribution in [0.25, 0.3) is 0 Å². The fraction of sp³-hybridized carbons (Fsp3) is 0.300. The lowest BCUT2D eigenvalue weighted by Crippen LogP contribution is -2.16. The lowest BCUT2D eigenvalue weighted by atomic mass is 10.0. The molecule has 0 aliphatic rings. The molecular formula is C10H6Br2F4O2. The topological polar surface area (TPSA) is 37.3 Å². The summed E-state index contributed by atoms with van der Waals surface area (Å²) in [5.41, 5.74) is -2.45. The van der Waals surface area contributed by atoms with Gasteiger partial charge in [-0.1, -0.05) is 31.9 Å². The Morgan fingerprint density at radius 1 is 1.11 bits per heavy atom. The second kappa shape index (κ2) is 6.01. The molecule has 0 aliphatic carbocycles. The third-order valence-corrected chi connectivity index (χ3v) is 4.46. The number of hydrogen-bond donors (Lipinski definition) is 1. The van der Waals surface area contributed by atoms with Crippen molar-refractivity contribution in [3.05, 3.63) is 34.4 Å². The summed E-state index contributed by atoms with van der Waals surface area (Å²) in [6.45, 7) is 0. The highest BCUT2D eigenvalue weighted by Gasteiger charge is 2.29. The number of aromatic carboxylic acids is 1. The first-order chi connectivity index (χ1) is 8.31. The molecule has 0 amide bonds. The molecule has 0 heterocycles. The largest absolute Gasteiger partial charge is 0.477 e. The van der Waals surface area contributed by atoms with Crippen LogP contribution in [0.3, 0.4) is 0 Å². The van der Waals surface area contributed by atoms with E-state index >= 15 is 0 Å². The summed E-state index contributed by atoms with van der Waals surface area (Å²) < 4.78 is 53.6. The van der Waals surface area contributed by atoms with Crippen LogP contribution in [0.15, 0.2) is 0 Å². The molecule has 1 aromatic carbocycles. The number of alkyl halides is 2. The summed E-state index contributed by atoms with van der Waals surface area (Å²) in [6.07, 6.45) is -0.323. The van der Waals surface area contributed by atoms with Gasteiger partial charge in [-0.2, -0.15) is 0 Å². The standard InChI is InChI=1S/C10H6Br2F4O2/c11-2-3(12)1-4-6(13)8(15)5(10(17)18)9(16)7(4)14/h3H,1-2H2,(H,17,18)/t3-/m1/s1. The molecule has 0 saturated heterocycles. The van der Waals surface area contributed by atoms with Crippen molar-refractivity contribution >= 4 is 37.8 Å². The predicted octanol–water partition coefficient (Wildman–Crippen LogP) is 3.64. The number of hydrogen-bond acceptors (Lipinski definition) is 1. The van der Waals surface area contributed by atoms with Gasteiger partial charge in [-0.05, 0) is 6.42 Å². The van der Waals surface area contributed by atoms with Crippen molar-refractivity contribution in [2.45, 2.75) is 11.2 Å². The smallest absolute Gasteiger partial charge is 0.341 e. The predicted molar refractivity (Wildman–Crippen MR) is 63.4 cm³/mol. The van der Waals surface area contributed by atoms with E-state index in [4.69, 9.17) is 5.11 Å². The maximum Gasteiger partial charge on any atom is 0.341 e. The van der Waals surface area contributed by atoms with Gasteiger partial charge in [0, 0.05) is 15.7 Å². The van der Waals surface area contributed by atoms with Gasteiger partial charge < -0.3 is 5.11 Å². The van der Waals surface area contributed by atoms with E-state index in [2.05, 4.69) is 31.9 Å². The van der Waals surface area contributed by atoms with Crippen LogP contribution < -0.4 is 0 Å². The van der Waals surface area contributed by atoms with Crippen LogP contribution in [0, 0.1) is 23.3 Å². The monoisotopic (exact) mass is 392 g/mol. The Labute approximate surface area is 116 Å². The summed E-state index contributed by atoms with van der Waals surface area (Å²) in [5, 5.41) is 8.79. The van der Waals surface area contributed by atoms with Gasteiger partial charge in [-0.3, -0.25) is 0 Å². The Morgan fingerprint density at radius 2 is 1.56 bits per heavy atom. The fourth-order valence-corrected chi connectivity index (χ4v) is 1.87. The summed E-state index contributed by atoms with van der Waals surface area (Å²) in [6, 6.07) is 0. The van der Waals surface area contributed by atoms with E-state index in [0.29, 0.717) is 5.33 Å². The van der Waals surface area contributed by atoms with Gasteiger partial charge in [0.25, 0.3) is 0 Å². The van der Waals surface area contributed by atoms with Crippen molar-refractivity contribution in [1.29, 1.82) is 0 Å². The molecule has 1 N–H and O–H groups in total. The van der Waals surface area contributed by atoms with Crippen LogP contribution >= 0.6 is 31.9 Å². The number of carboxylic acid groups (broad SMARTS) is 1. The van der Waals surface area contributed by atoms with E-state index in [1.807, 2.05) is 0 Å². The van der Waals surface area contributed by atoms with Crippen molar-refractivity contribution < 1.29 is 27.5 Å². The zero-order valence-electron chi connectivity index (χ0n) is 8.61. The van der Waals surface area contributed by atoms with Crippen LogP contribution in [0.4, 0.5) is 17.6 Å². The maximum absolute atomic E-state index is 13.5. The normalized spacial score (nSPS) is 12.6. The summed E-state index contributed by atoms with van der Waals surface area (Å²) in [7, 11) is 0. The molecule has 0 aliphatic heterocycles. The summed E-state index contributed by atoms with van der Waals surface area (Å²) in [5.74, 6) is -9.23. The van der Waals surface area contributed by atoms with E-state index in [1.165, 1.54) is 0 Å². The lowest BCUT2D eigenvalue weighted by Gasteiger charge is -2.11.